The van der Waals surface area contributed by atoms with E-state index < -0.39 is 0 Å². The van der Waals surface area contributed by atoms with Crippen molar-refractivity contribution in [1.29, 1.82) is 0 Å². The molecule has 1 rings (SSSR count). The lowest BCUT2D eigenvalue weighted by atomic mass is 9.99. The summed E-state index contributed by atoms with van der Waals surface area (Å²) in [4.78, 5) is 0. The fourth-order valence-electron chi connectivity index (χ4n) is 1.59. The van der Waals surface area contributed by atoms with Crippen molar-refractivity contribution in [2.45, 2.75) is 33.2 Å². The monoisotopic (exact) mass is 259 g/mol. The second-order valence-corrected chi connectivity index (χ2v) is 4.61. The van der Waals surface area contributed by atoms with Crippen LogP contribution in [0.3, 0.4) is 0 Å². The summed E-state index contributed by atoms with van der Waals surface area (Å²) in [5.41, 5.74) is 1.22. The number of hydrogen-bond acceptors (Lipinski definition) is 2. The van der Waals surface area contributed by atoms with Gasteiger partial charge < -0.3 is 9.73 Å². The molecule has 3 heteroatoms. The first-order chi connectivity index (χ1) is 6.65. The van der Waals surface area contributed by atoms with Crippen LogP contribution in [0.5, 0.6) is 0 Å². The van der Waals surface area contributed by atoms with Crippen molar-refractivity contribution in [2.75, 3.05) is 6.54 Å². The molecule has 2 nitrogen and oxygen atoms in total. The first kappa shape index (κ1) is 11.8. The van der Waals surface area contributed by atoms with E-state index in [0.717, 1.165) is 17.6 Å². The molecule has 0 saturated carbocycles. The van der Waals surface area contributed by atoms with Crippen molar-refractivity contribution in [3.05, 3.63) is 22.6 Å². The fourth-order valence-corrected chi connectivity index (χ4v) is 2.11. The molecule has 0 bridgehead atoms. The van der Waals surface area contributed by atoms with Gasteiger partial charge in [0, 0.05) is 11.6 Å². The number of nitrogens with one attached hydrogen (secondary N) is 1. The molecule has 1 aromatic rings. The summed E-state index contributed by atoms with van der Waals surface area (Å²) in [5, 5.41) is 3.47. The molecule has 1 N–H and O–H groups in total. The topological polar surface area (TPSA) is 25.2 Å². The SMILES string of the molecule is CCNC(CC(C)C)c1ccoc1Br. The molecule has 0 fully saturated rings. The van der Waals surface area contributed by atoms with E-state index in [0.29, 0.717) is 12.0 Å². The molecule has 0 aromatic carbocycles. The molecule has 14 heavy (non-hydrogen) atoms. The van der Waals surface area contributed by atoms with Gasteiger partial charge in [-0.15, -0.1) is 0 Å². The van der Waals surface area contributed by atoms with Gasteiger partial charge in [0.25, 0.3) is 0 Å². The maximum atomic E-state index is 5.25. The zero-order valence-electron chi connectivity index (χ0n) is 9.01. The highest BCUT2D eigenvalue weighted by atomic mass is 79.9. The second-order valence-electron chi connectivity index (χ2n) is 3.89. The van der Waals surface area contributed by atoms with Crippen LogP contribution >= 0.6 is 15.9 Å². The van der Waals surface area contributed by atoms with E-state index in [1.165, 1.54) is 5.56 Å². The Morgan fingerprint density at radius 1 is 1.50 bits per heavy atom. The van der Waals surface area contributed by atoms with Gasteiger partial charge in [0.2, 0.25) is 0 Å². The smallest absolute Gasteiger partial charge is 0.173 e. The van der Waals surface area contributed by atoms with Crippen LogP contribution in [-0.2, 0) is 0 Å². The van der Waals surface area contributed by atoms with Gasteiger partial charge in [-0.1, -0.05) is 20.8 Å². The summed E-state index contributed by atoms with van der Waals surface area (Å²) in [7, 11) is 0. The molecular weight excluding hydrogens is 242 g/mol. The highest BCUT2D eigenvalue weighted by molar-refractivity contribution is 9.10. The lowest BCUT2D eigenvalue weighted by molar-refractivity contribution is 0.429. The van der Waals surface area contributed by atoms with E-state index in [2.05, 4.69) is 42.0 Å². The van der Waals surface area contributed by atoms with Gasteiger partial charge in [-0.05, 0) is 40.9 Å². The molecule has 0 aliphatic rings. The van der Waals surface area contributed by atoms with Crippen LogP contribution in [0.15, 0.2) is 21.4 Å². The Bertz CT molecular complexity index is 270. The van der Waals surface area contributed by atoms with Crippen LogP contribution in [-0.4, -0.2) is 6.54 Å². The van der Waals surface area contributed by atoms with Crippen LogP contribution in [0, 0.1) is 5.92 Å². The standard InChI is InChI=1S/C11H18BrNO/c1-4-13-10(7-8(2)3)9-5-6-14-11(9)12/h5-6,8,10,13H,4,7H2,1-3H3. The molecule has 1 unspecified atom stereocenters. The van der Waals surface area contributed by atoms with Crippen molar-refractivity contribution in [2.24, 2.45) is 5.92 Å². The lowest BCUT2D eigenvalue weighted by Crippen LogP contribution is -2.22. The summed E-state index contributed by atoms with van der Waals surface area (Å²) >= 11 is 3.42. The molecule has 1 heterocycles. The van der Waals surface area contributed by atoms with Gasteiger partial charge in [-0.25, -0.2) is 0 Å². The summed E-state index contributed by atoms with van der Waals surface area (Å²) in [6, 6.07) is 2.42. The summed E-state index contributed by atoms with van der Waals surface area (Å²) in [6.07, 6.45) is 2.86. The Kier molecular flexibility index (Phi) is 4.69. The van der Waals surface area contributed by atoms with Gasteiger partial charge in [-0.2, -0.15) is 0 Å². The van der Waals surface area contributed by atoms with Gasteiger partial charge in [-0.3, -0.25) is 0 Å². The molecule has 1 atom stereocenters. The van der Waals surface area contributed by atoms with E-state index in [1.54, 1.807) is 6.26 Å². The Morgan fingerprint density at radius 2 is 2.21 bits per heavy atom. The van der Waals surface area contributed by atoms with Gasteiger partial charge in [0.15, 0.2) is 4.67 Å². The Morgan fingerprint density at radius 3 is 2.64 bits per heavy atom. The quantitative estimate of drug-likeness (QED) is 0.872. The predicted octanol–water partition coefficient (Wildman–Crippen LogP) is 3.74. The molecule has 1 aromatic heterocycles. The maximum Gasteiger partial charge on any atom is 0.173 e. The summed E-state index contributed by atoms with van der Waals surface area (Å²) < 4.78 is 6.10. The largest absolute Gasteiger partial charge is 0.457 e. The third-order valence-corrected chi connectivity index (χ3v) is 2.82. The number of rotatable bonds is 5. The van der Waals surface area contributed by atoms with Gasteiger partial charge in [0.05, 0.1) is 6.26 Å². The van der Waals surface area contributed by atoms with Gasteiger partial charge >= 0.3 is 0 Å². The average molecular weight is 260 g/mol. The van der Waals surface area contributed by atoms with E-state index in [-0.39, 0.29) is 0 Å². The number of hydrogen-bond donors (Lipinski definition) is 1. The average Bonchev–Trinajstić information content (AvgIpc) is 2.50. The third kappa shape index (κ3) is 3.14. The van der Waals surface area contributed by atoms with E-state index >= 15 is 0 Å². The van der Waals surface area contributed by atoms with Crippen LogP contribution in [0.4, 0.5) is 0 Å². The first-order valence-electron chi connectivity index (χ1n) is 5.11. The van der Waals surface area contributed by atoms with Crippen LogP contribution in [0.2, 0.25) is 0 Å². The third-order valence-electron chi connectivity index (χ3n) is 2.18. The Hall–Kier alpha value is -0.280. The van der Waals surface area contributed by atoms with Crippen LogP contribution in [0.25, 0.3) is 0 Å². The Balaban J connectivity index is 2.72. The van der Waals surface area contributed by atoms with Crippen LogP contribution in [0.1, 0.15) is 38.8 Å². The maximum absolute atomic E-state index is 5.25. The van der Waals surface area contributed by atoms with Crippen LogP contribution < -0.4 is 5.32 Å². The van der Waals surface area contributed by atoms with Crippen molar-refractivity contribution < 1.29 is 4.42 Å². The van der Waals surface area contributed by atoms with Gasteiger partial charge in [0.1, 0.15) is 0 Å². The minimum Gasteiger partial charge on any atom is -0.457 e. The molecule has 0 saturated heterocycles. The molecule has 0 amide bonds. The van der Waals surface area contributed by atoms with E-state index in [1.807, 2.05) is 6.07 Å². The Labute approximate surface area is 94.2 Å². The molecule has 0 aliphatic heterocycles. The molecule has 0 spiro atoms. The molecular formula is C11H18BrNO. The second kappa shape index (κ2) is 5.56. The number of halogens is 1. The molecule has 80 valence electrons. The van der Waals surface area contributed by atoms with Crippen molar-refractivity contribution in [3.8, 4) is 0 Å². The van der Waals surface area contributed by atoms with Crippen molar-refractivity contribution in [1.82, 2.24) is 5.32 Å². The minimum absolute atomic E-state index is 0.396. The summed E-state index contributed by atoms with van der Waals surface area (Å²) in [6.45, 7) is 7.58. The summed E-state index contributed by atoms with van der Waals surface area (Å²) in [5.74, 6) is 0.681. The van der Waals surface area contributed by atoms with Crippen molar-refractivity contribution in [3.63, 3.8) is 0 Å². The predicted molar refractivity (Wildman–Crippen MR) is 62.3 cm³/mol. The fraction of sp³-hybridized carbons (Fsp3) is 0.636. The molecule has 0 radical (unpaired) electrons. The highest BCUT2D eigenvalue weighted by Crippen LogP contribution is 2.28. The van der Waals surface area contributed by atoms with E-state index in [9.17, 15) is 0 Å². The number of furan rings is 1. The minimum atomic E-state index is 0.396. The normalized spacial score (nSPS) is 13.5. The first-order valence-corrected chi connectivity index (χ1v) is 5.90. The lowest BCUT2D eigenvalue weighted by Gasteiger charge is -2.18. The molecule has 0 aliphatic carbocycles. The van der Waals surface area contributed by atoms with Crippen molar-refractivity contribution >= 4 is 15.9 Å². The highest BCUT2D eigenvalue weighted by Gasteiger charge is 2.16. The zero-order valence-corrected chi connectivity index (χ0v) is 10.6. The zero-order chi connectivity index (χ0) is 10.6. The van der Waals surface area contributed by atoms with E-state index in [4.69, 9.17) is 4.42 Å².